The summed E-state index contributed by atoms with van der Waals surface area (Å²) in [6.07, 6.45) is -14.6. The van der Waals surface area contributed by atoms with Crippen LogP contribution in [0.3, 0.4) is 0 Å². The highest BCUT2D eigenvalue weighted by atomic mass is 31.3. The zero-order valence-corrected chi connectivity index (χ0v) is 21.1. The van der Waals surface area contributed by atoms with Crippen LogP contribution in [0.5, 0.6) is 0 Å². The van der Waals surface area contributed by atoms with Gasteiger partial charge in [-0.3, -0.25) is 23.4 Å². The van der Waals surface area contributed by atoms with Crippen LogP contribution in [0.1, 0.15) is 6.23 Å². The maximum absolute atomic E-state index is 12.2. The Labute approximate surface area is 216 Å². The van der Waals surface area contributed by atoms with Gasteiger partial charge in [-0.2, -0.15) is 9.29 Å². The van der Waals surface area contributed by atoms with Gasteiger partial charge in [-0.05, 0) is 0 Å². The van der Waals surface area contributed by atoms with Crippen LogP contribution < -0.4 is 11.3 Å². The summed E-state index contributed by atoms with van der Waals surface area (Å²) in [7, 11) is -10.8. The molecule has 2 unspecified atom stereocenters. The normalized spacial score (nSPS) is 36.6. The molecule has 2 aliphatic rings. The summed E-state index contributed by atoms with van der Waals surface area (Å²) in [6, 6.07) is 0. The van der Waals surface area contributed by atoms with Crippen LogP contribution in [0.25, 0.3) is 11.2 Å². The van der Waals surface area contributed by atoms with Crippen LogP contribution in [-0.2, 0) is 32.0 Å². The lowest BCUT2D eigenvalue weighted by Gasteiger charge is -2.38. The molecule has 0 aliphatic carbocycles. The van der Waals surface area contributed by atoms with Crippen molar-refractivity contribution in [3.8, 4) is 0 Å². The maximum Gasteiger partial charge on any atom is 0.481 e. The number of phosphoric ester groups is 2. The van der Waals surface area contributed by atoms with E-state index in [1.165, 1.54) is 0 Å². The number of fused-ring (bicyclic) bond motifs is 1. The number of rotatable bonds is 9. The van der Waals surface area contributed by atoms with Crippen molar-refractivity contribution in [3.05, 3.63) is 16.7 Å². The number of imidazole rings is 1. The fourth-order valence-corrected chi connectivity index (χ4v) is 5.90. The molecule has 0 saturated carbocycles. The zero-order valence-electron chi connectivity index (χ0n) is 19.3. The Morgan fingerprint density at radius 1 is 0.923 bits per heavy atom. The molecular formula is C16H25N5O16P2. The van der Waals surface area contributed by atoms with E-state index in [0.29, 0.717) is 0 Å². The van der Waals surface area contributed by atoms with Gasteiger partial charge in [0.2, 0.25) is 5.95 Å². The number of anilines is 1. The van der Waals surface area contributed by atoms with E-state index in [2.05, 4.69) is 28.3 Å². The van der Waals surface area contributed by atoms with Crippen molar-refractivity contribution in [1.29, 1.82) is 0 Å². The molecule has 11 N–H and O–H groups in total. The van der Waals surface area contributed by atoms with Crippen LogP contribution in [0.4, 0.5) is 5.95 Å². The lowest BCUT2D eigenvalue weighted by Crippen LogP contribution is -2.58. The minimum Gasteiger partial charge on any atom is -0.387 e. The van der Waals surface area contributed by atoms with E-state index in [9.17, 15) is 54.4 Å². The van der Waals surface area contributed by atoms with Crippen molar-refractivity contribution in [2.45, 2.75) is 55.2 Å². The molecule has 220 valence electrons. The van der Waals surface area contributed by atoms with Gasteiger partial charge < -0.3 is 55.6 Å². The van der Waals surface area contributed by atoms with Gasteiger partial charge in [0.15, 0.2) is 23.7 Å². The van der Waals surface area contributed by atoms with E-state index in [1.807, 2.05) is 0 Å². The van der Waals surface area contributed by atoms with Crippen LogP contribution in [0.15, 0.2) is 11.1 Å². The molecule has 0 amide bonds. The summed E-state index contributed by atoms with van der Waals surface area (Å²) >= 11 is 0. The predicted octanol–water partition coefficient (Wildman–Crippen LogP) is -4.63. The fraction of sp³-hybridized carbons (Fsp3) is 0.688. The first-order valence-electron chi connectivity index (χ1n) is 10.9. The van der Waals surface area contributed by atoms with Crippen LogP contribution in [0.2, 0.25) is 0 Å². The van der Waals surface area contributed by atoms with E-state index in [-0.39, 0.29) is 17.1 Å². The number of ether oxygens (including phenoxy) is 2. The maximum atomic E-state index is 12.2. The average molecular weight is 605 g/mol. The number of phosphoric acid groups is 2. The van der Waals surface area contributed by atoms with Gasteiger partial charge in [-0.15, -0.1) is 0 Å². The smallest absolute Gasteiger partial charge is 0.387 e. The Morgan fingerprint density at radius 3 is 2.10 bits per heavy atom. The Morgan fingerprint density at radius 2 is 1.49 bits per heavy atom. The second kappa shape index (κ2) is 11.2. The molecule has 0 radical (unpaired) electrons. The largest absolute Gasteiger partial charge is 0.481 e. The number of aromatic amines is 1. The lowest BCUT2D eigenvalue weighted by atomic mass is 10.00. The molecule has 0 spiro atoms. The number of nitrogens with one attached hydrogen (secondary N) is 1. The molecule has 39 heavy (non-hydrogen) atoms. The Balaban J connectivity index is 1.35. The third-order valence-corrected chi connectivity index (χ3v) is 8.36. The van der Waals surface area contributed by atoms with Crippen molar-refractivity contribution in [2.75, 3.05) is 18.9 Å². The second-order valence-electron chi connectivity index (χ2n) is 8.47. The monoisotopic (exact) mass is 605 g/mol. The summed E-state index contributed by atoms with van der Waals surface area (Å²) in [5.41, 5.74) is 4.56. The van der Waals surface area contributed by atoms with E-state index >= 15 is 0 Å². The van der Waals surface area contributed by atoms with E-state index < -0.39 is 89.7 Å². The van der Waals surface area contributed by atoms with Crippen LogP contribution in [-0.4, -0.2) is 122 Å². The number of nitrogen functional groups attached to an aromatic ring is 1. The molecule has 2 saturated heterocycles. The summed E-state index contributed by atoms with van der Waals surface area (Å²) in [6.45, 7) is -2.01. The Kier molecular flexibility index (Phi) is 8.60. The van der Waals surface area contributed by atoms with Crippen LogP contribution >= 0.6 is 15.6 Å². The number of aromatic nitrogens is 4. The molecule has 2 fully saturated rings. The highest BCUT2D eigenvalue weighted by Crippen LogP contribution is 2.60. The third-order valence-electron chi connectivity index (χ3n) is 5.76. The summed E-state index contributed by atoms with van der Waals surface area (Å²) in [5.74, 6) is -0.273. The minimum absolute atomic E-state index is 0.106. The molecule has 0 aromatic carbocycles. The van der Waals surface area contributed by atoms with Gasteiger partial charge in [0, 0.05) is 0 Å². The third kappa shape index (κ3) is 6.38. The molecule has 0 bridgehead atoms. The standard InChI is InChI=1S/C16H25N5O16P2/c17-16-19-12-6(13(27)20-16)18-3-21(12)14-10(25)8(23)4(35-14)1-33-38(29,30)37-39(31,32)34-2-5-7(22)9(24)11(26)15(28)36-5/h3-5,7-11,14-15,22-26,28H,1-2H2,(H,29,30)(H,31,32)(H3,17,19,20,27)/t4-,5-,7-,8-,9+,10-,11-,14-,15-/m1/s1. The Bertz CT molecular complexity index is 1340. The molecule has 21 nitrogen and oxygen atoms in total. The molecule has 4 rings (SSSR count). The number of nitrogens with zero attached hydrogens (tertiary/aromatic N) is 3. The van der Waals surface area contributed by atoms with Crippen molar-refractivity contribution in [2.24, 2.45) is 0 Å². The molecule has 11 atom stereocenters. The molecule has 2 aromatic rings. The average Bonchev–Trinajstić information content (AvgIpc) is 3.38. The number of H-pyrrole nitrogens is 1. The number of hydrogen-bond donors (Lipinski definition) is 10. The van der Waals surface area contributed by atoms with Crippen LogP contribution in [0, 0.1) is 0 Å². The topological polar surface area (TPSA) is 332 Å². The van der Waals surface area contributed by atoms with Gasteiger partial charge in [0.1, 0.15) is 42.7 Å². The second-order valence-corrected chi connectivity index (χ2v) is 11.5. The first-order valence-corrected chi connectivity index (χ1v) is 13.9. The van der Waals surface area contributed by atoms with Crippen molar-refractivity contribution >= 4 is 32.8 Å². The predicted molar refractivity (Wildman–Crippen MR) is 120 cm³/mol. The van der Waals surface area contributed by atoms with Crippen molar-refractivity contribution in [1.82, 2.24) is 19.5 Å². The number of hydrogen-bond acceptors (Lipinski definition) is 17. The fourth-order valence-electron chi connectivity index (χ4n) is 3.81. The minimum atomic E-state index is -5.41. The quantitative estimate of drug-likeness (QED) is 0.120. The number of aliphatic hydroxyl groups excluding tert-OH is 6. The highest BCUT2D eigenvalue weighted by Gasteiger charge is 2.47. The number of nitrogens with two attached hydrogens (primary N) is 1. The van der Waals surface area contributed by atoms with Gasteiger partial charge in [0.25, 0.3) is 5.56 Å². The SMILES string of the molecule is Nc1nc2c(ncn2[C@@H]2O[C@H](COP(=O)(O)OP(=O)(O)OC[C@H]3O[C@@H](O)[C@H](O)[C@@H](O)[C@@H]3O)[C@@H](O)[C@H]2O)c(=O)[nH]1. The molecule has 2 aliphatic heterocycles. The van der Waals surface area contributed by atoms with Gasteiger partial charge in [-0.1, -0.05) is 0 Å². The summed E-state index contributed by atoms with van der Waals surface area (Å²) < 4.78 is 48.8. The summed E-state index contributed by atoms with van der Waals surface area (Å²) in [4.78, 5) is 41.5. The van der Waals surface area contributed by atoms with Gasteiger partial charge in [-0.25, -0.2) is 14.1 Å². The summed E-state index contributed by atoms with van der Waals surface area (Å²) in [5, 5.41) is 59.1. The molecular weight excluding hydrogens is 580 g/mol. The van der Waals surface area contributed by atoms with Crippen molar-refractivity contribution < 1.29 is 72.4 Å². The molecule has 23 heteroatoms. The zero-order chi connectivity index (χ0) is 28.9. The number of aliphatic hydroxyl groups is 6. The van der Waals surface area contributed by atoms with Gasteiger partial charge in [0.05, 0.1) is 19.5 Å². The molecule has 2 aromatic heterocycles. The first-order chi connectivity index (χ1) is 18.1. The van der Waals surface area contributed by atoms with E-state index in [0.717, 1.165) is 10.9 Å². The van der Waals surface area contributed by atoms with Crippen molar-refractivity contribution in [3.63, 3.8) is 0 Å². The van der Waals surface area contributed by atoms with E-state index in [4.69, 9.17) is 15.2 Å². The Hall–Kier alpha value is -1.91. The van der Waals surface area contributed by atoms with Gasteiger partial charge >= 0.3 is 15.6 Å². The van der Waals surface area contributed by atoms with E-state index in [1.54, 1.807) is 0 Å². The lowest BCUT2D eigenvalue weighted by molar-refractivity contribution is -0.285. The highest BCUT2D eigenvalue weighted by molar-refractivity contribution is 7.61. The first kappa shape index (κ1) is 30.1. The molecule has 4 heterocycles.